The summed E-state index contributed by atoms with van der Waals surface area (Å²) in [6.07, 6.45) is -2.83. The van der Waals surface area contributed by atoms with Gasteiger partial charge in [-0.3, -0.25) is 0 Å². The summed E-state index contributed by atoms with van der Waals surface area (Å²) in [5.41, 5.74) is 0.484. The van der Waals surface area contributed by atoms with Crippen LogP contribution in [-0.4, -0.2) is 37.6 Å². The Bertz CT molecular complexity index is 552. The third kappa shape index (κ3) is 6.27. The summed E-state index contributed by atoms with van der Waals surface area (Å²) in [7, 11) is 0. The van der Waals surface area contributed by atoms with Crippen molar-refractivity contribution in [1.82, 2.24) is 10.6 Å². The van der Waals surface area contributed by atoms with Crippen LogP contribution in [0.4, 0.5) is 18.0 Å². The first kappa shape index (κ1) is 18.4. The van der Waals surface area contributed by atoms with Crippen molar-refractivity contribution < 1.29 is 27.4 Å². The molecule has 24 heavy (non-hydrogen) atoms. The van der Waals surface area contributed by atoms with Crippen LogP contribution in [-0.2, 0) is 11.3 Å². The monoisotopic (exact) mass is 346 g/mol. The topological polar surface area (TPSA) is 59.6 Å². The van der Waals surface area contributed by atoms with Gasteiger partial charge in [0.1, 0.15) is 5.75 Å². The van der Waals surface area contributed by atoms with E-state index in [1.54, 1.807) is 18.2 Å². The molecule has 134 valence electrons. The number of nitrogens with one attached hydrogen (secondary N) is 2. The molecule has 1 fully saturated rings. The van der Waals surface area contributed by atoms with Gasteiger partial charge in [0.15, 0.2) is 6.61 Å². The molecule has 1 aromatic carbocycles. The first-order valence-corrected chi connectivity index (χ1v) is 7.77. The molecule has 0 aromatic heterocycles. The van der Waals surface area contributed by atoms with Crippen LogP contribution in [0.15, 0.2) is 24.3 Å². The Balaban J connectivity index is 1.83. The molecule has 1 saturated heterocycles. The van der Waals surface area contributed by atoms with Crippen LogP contribution in [0.5, 0.6) is 5.75 Å². The molecular formula is C16H21F3N2O3. The van der Waals surface area contributed by atoms with Crippen molar-refractivity contribution in [2.45, 2.75) is 44.6 Å². The first-order valence-electron chi connectivity index (χ1n) is 7.77. The number of halogens is 3. The number of hydrogen-bond acceptors (Lipinski definition) is 3. The van der Waals surface area contributed by atoms with E-state index < -0.39 is 12.8 Å². The van der Waals surface area contributed by atoms with E-state index in [0.29, 0.717) is 12.2 Å². The zero-order chi connectivity index (χ0) is 17.6. The zero-order valence-corrected chi connectivity index (χ0v) is 13.4. The average molecular weight is 346 g/mol. The lowest BCUT2D eigenvalue weighted by molar-refractivity contribution is -0.153. The molecule has 1 aliphatic heterocycles. The highest BCUT2D eigenvalue weighted by Crippen LogP contribution is 2.22. The van der Waals surface area contributed by atoms with Crippen LogP contribution < -0.4 is 15.4 Å². The number of rotatable bonds is 5. The lowest BCUT2D eigenvalue weighted by Crippen LogP contribution is -2.45. The average Bonchev–Trinajstić information content (AvgIpc) is 2.51. The Morgan fingerprint density at radius 1 is 1.38 bits per heavy atom. The fraction of sp³-hybridized carbons (Fsp3) is 0.562. The van der Waals surface area contributed by atoms with Crippen LogP contribution in [0, 0.1) is 0 Å². The van der Waals surface area contributed by atoms with E-state index >= 15 is 0 Å². The van der Waals surface area contributed by atoms with Crippen molar-refractivity contribution in [2.24, 2.45) is 0 Å². The third-order valence-corrected chi connectivity index (χ3v) is 3.62. The second-order valence-corrected chi connectivity index (χ2v) is 5.74. The highest BCUT2D eigenvalue weighted by atomic mass is 19.4. The third-order valence-electron chi connectivity index (χ3n) is 3.62. The van der Waals surface area contributed by atoms with Crippen molar-refractivity contribution in [1.29, 1.82) is 0 Å². The minimum absolute atomic E-state index is 0.0328. The Morgan fingerprint density at radius 3 is 2.83 bits per heavy atom. The zero-order valence-electron chi connectivity index (χ0n) is 13.4. The van der Waals surface area contributed by atoms with E-state index in [0.717, 1.165) is 12.8 Å². The Hall–Kier alpha value is -1.96. The van der Waals surface area contributed by atoms with Gasteiger partial charge in [0.25, 0.3) is 0 Å². The summed E-state index contributed by atoms with van der Waals surface area (Å²) in [4.78, 5) is 11.9. The minimum atomic E-state index is -4.41. The van der Waals surface area contributed by atoms with Crippen molar-refractivity contribution in [3.63, 3.8) is 0 Å². The van der Waals surface area contributed by atoms with E-state index in [-0.39, 0.29) is 30.5 Å². The van der Waals surface area contributed by atoms with Gasteiger partial charge in [-0.05, 0) is 25.8 Å². The fourth-order valence-electron chi connectivity index (χ4n) is 2.49. The molecular weight excluding hydrogens is 325 g/mol. The maximum absolute atomic E-state index is 12.3. The standard InChI is InChI=1S/C16H21F3N2O3/c1-11-8-13(6-7-23-11)21-15(22)20-9-12-4-2-3-5-14(12)24-10-16(17,18)19/h2-5,11,13H,6-10H2,1H3,(H2,20,21,22)/t11-,13+/m0/s1. The number of amides is 2. The maximum atomic E-state index is 12.3. The largest absolute Gasteiger partial charge is 0.484 e. The molecule has 0 aliphatic carbocycles. The quantitative estimate of drug-likeness (QED) is 0.862. The second-order valence-electron chi connectivity index (χ2n) is 5.74. The van der Waals surface area contributed by atoms with Crippen LogP contribution in [0.25, 0.3) is 0 Å². The van der Waals surface area contributed by atoms with Gasteiger partial charge in [-0.1, -0.05) is 18.2 Å². The fourth-order valence-corrected chi connectivity index (χ4v) is 2.49. The summed E-state index contributed by atoms with van der Waals surface area (Å²) in [5, 5.41) is 5.49. The molecule has 0 saturated carbocycles. The summed E-state index contributed by atoms with van der Waals surface area (Å²) in [5.74, 6) is 0.106. The van der Waals surface area contributed by atoms with E-state index in [4.69, 9.17) is 9.47 Å². The van der Waals surface area contributed by atoms with Gasteiger partial charge >= 0.3 is 12.2 Å². The summed E-state index contributed by atoms with van der Waals surface area (Å²) >= 11 is 0. The van der Waals surface area contributed by atoms with Crippen molar-refractivity contribution in [2.75, 3.05) is 13.2 Å². The number of hydrogen-bond donors (Lipinski definition) is 2. The SMILES string of the molecule is C[C@H]1C[C@H](NC(=O)NCc2ccccc2OCC(F)(F)F)CCO1. The van der Waals surface area contributed by atoms with Crippen LogP contribution in [0.3, 0.4) is 0 Å². The summed E-state index contributed by atoms with van der Waals surface area (Å²) in [6.45, 7) is 1.26. The summed E-state index contributed by atoms with van der Waals surface area (Å²) < 4.78 is 47.0. The Labute approximate surface area is 138 Å². The smallest absolute Gasteiger partial charge is 0.422 e. The molecule has 8 heteroatoms. The minimum Gasteiger partial charge on any atom is -0.484 e. The van der Waals surface area contributed by atoms with Crippen LogP contribution in [0.2, 0.25) is 0 Å². The van der Waals surface area contributed by atoms with Gasteiger partial charge in [-0.2, -0.15) is 13.2 Å². The number of ether oxygens (including phenoxy) is 2. The molecule has 2 amide bonds. The van der Waals surface area contributed by atoms with E-state index in [9.17, 15) is 18.0 Å². The van der Waals surface area contributed by atoms with Crippen molar-refractivity contribution in [3.05, 3.63) is 29.8 Å². The molecule has 0 unspecified atom stereocenters. The van der Waals surface area contributed by atoms with Crippen LogP contribution in [0.1, 0.15) is 25.3 Å². The van der Waals surface area contributed by atoms with Crippen molar-refractivity contribution in [3.8, 4) is 5.75 Å². The molecule has 5 nitrogen and oxygen atoms in total. The molecule has 0 spiro atoms. The van der Waals surface area contributed by atoms with Gasteiger partial charge < -0.3 is 20.1 Å². The van der Waals surface area contributed by atoms with Gasteiger partial charge in [0.2, 0.25) is 0 Å². The molecule has 2 atom stereocenters. The van der Waals surface area contributed by atoms with Gasteiger partial charge in [-0.25, -0.2) is 4.79 Å². The number of carbonyl (C=O) groups is 1. The lowest BCUT2D eigenvalue weighted by Gasteiger charge is -2.28. The Morgan fingerprint density at radius 2 is 2.12 bits per heavy atom. The molecule has 0 radical (unpaired) electrons. The predicted molar refractivity (Wildman–Crippen MR) is 81.8 cm³/mol. The van der Waals surface area contributed by atoms with Gasteiger partial charge in [0.05, 0.1) is 6.10 Å². The van der Waals surface area contributed by atoms with Gasteiger partial charge in [0, 0.05) is 24.8 Å². The molecule has 1 heterocycles. The normalized spacial score (nSPS) is 21.2. The van der Waals surface area contributed by atoms with E-state index in [2.05, 4.69) is 10.6 Å². The van der Waals surface area contributed by atoms with Gasteiger partial charge in [-0.15, -0.1) is 0 Å². The van der Waals surface area contributed by atoms with E-state index in [1.165, 1.54) is 6.07 Å². The number of para-hydroxylation sites is 1. The van der Waals surface area contributed by atoms with E-state index in [1.807, 2.05) is 6.92 Å². The number of urea groups is 1. The van der Waals surface area contributed by atoms with Crippen molar-refractivity contribution >= 4 is 6.03 Å². The summed E-state index contributed by atoms with van der Waals surface area (Å²) in [6, 6.07) is 5.99. The second kappa shape index (κ2) is 8.23. The maximum Gasteiger partial charge on any atom is 0.422 e. The molecule has 1 aromatic rings. The molecule has 0 bridgehead atoms. The number of carbonyl (C=O) groups excluding carboxylic acids is 1. The molecule has 2 rings (SSSR count). The number of benzene rings is 1. The molecule has 1 aliphatic rings. The first-order chi connectivity index (χ1) is 11.3. The predicted octanol–water partition coefficient (Wildman–Crippen LogP) is 2.99. The lowest BCUT2D eigenvalue weighted by atomic mass is 10.0. The number of alkyl halides is 3. The highest BCUT2D eigenvalue weighted by Gasteiger charge is 2.28. The highest BCUT2D eigenvalue weighted by molar-refractivity contribution is 5.74. The van der Waals surface area contributed by atoms with Crippen LogP contribution >= 0.6 is 0 Å². The molecule has 2 N–H and O–H groups in total. The Kier molecular flexibility index (Phi) is 6.30.